The van der Waals surface area contributed by atoms with Crippen LogP contribution >= 0.6 is 15.9 Å². The number of benzene rings is 3. The van der Waals surface area contributed by atoms with Gasteiger partial charge in [-0.05, 0) is 70.0 Å². The van der Waals surface area contributed by atoms with Crippen molar-refractivity contribution in [3.05, 3.63) is 81.8 Å². The van der Waals surface area contributed by atoms with E-state index in [9.17, 15) is 9.59 Å². The van der Waals surface area contributed by atoms with Gasteiger partial charge in [0.1, 0.15) is 13.2 Å². The van der Waals surface area contributed by atoms with Gasteiger partial charge >= 0.3 is 5.97 Å². The number of nitrogens with zero attached hydrogens (tertiary/aromatic N) is 1. The normalized spacial score (nSPS) is 12.3. The number of fused-ring (bicyclic) bond motifs is 1. The minimum Gasteiger partial charge on any atom is -0.493 e. The highest BCUT2D eigenvalue weighted by Crippen LogP contribution is 2.31. The first-order valence-electron chi connectivity index (χ1n) is 9.93. The molecular formula is C24H19BrN2O6. The van der Waals surface area contributed by atoms with Gasteiger partial charge in [0, 0.05) is 10.0 Å². The number of nitrogens with one attached hydrogen (secondary N) is 1. The van der Waals surface area contributed by atoms with E-state index in [0.29, 0.717) is 51.6 Å². The zero-order valence-corrected chi connectivity index (χ0v) is 19.1. The van der Waals surface area contributed by atoms with Gasteiger partial charge in [-0.15, -0.1) is 0 Å². The Balaban J connectivity index is 1.42. The molecule has 1 amide bonds. The standard InChI is InChI=1S/C24H19BrN2O6/c1-30-21-12-15(6-8-20(21)33-24(29)17-4-2-3-5-18(17)25)14-26-27-23(28)16-7-9-19-22(13-16)32-11-10-31-19/h2-9,12-14H,10-11H2,1H3,(H,27,28)/b26-14+. The summed E-state index contributed by atoms with van der Waals surface area (Å²) in [6.45, 7) is 0.917. The average molecular weight is 511 g/mol. The monoisotopic (exact) mass is 510 g/mol. The van der Waals surface area contributed by atoms with E-state index >= 15 is 0 Å². The van der Waals surface area contributed by atoms with Gasteiger partial charge in [0.25, 0.3) is 5.91 Å². The Morgan fingerprint density at radius 2 is 1.79 bits per heavy atom. The van der Waals surface area contributed by atoms with Crippen LogP contribution in [0.3, 0.4) is 0 Å². The summed E-state index contributed by atoms with van der Waals surface area (Å²) in [4.78, 5) is 24.8. The summed E-state index contributed by atoms with van der Waals surface area (Å²) in [6, 6.07) is 16.8. The third-order valence-corrected chi connectivity index (χ3v) is 5.36. The fourth-order valence-corrected chi connectivity index (χ4v) is 3.49. The molecule has 4 rings (SSSR count). The Labute approximate surface area is 198 Å². The summed E-state index contributed by atoms with van der Waals surface area (Å²) < 4.78 is 22.4. The Morgan fingerprint density at radius 1 is 1.00 bits per heavy atom. The maximum absolute atomic E-state index is 12.5. The third-order valence-electron chi connectivity index (χ3n) is 4.67. The van der Waals surface area contributed by atoms with E-state index in [0.717, 1.165) is 0 Å². The molecular weight excluding hydrogens is 492 g/mol. The van der Waals surface area contributed by atoms with Crippen LogP contribution in [0.25, 0.3) is 0 Å². The molecule has 0 fully saturated rings. The lowest BCUT2D eigenvalue weighted by atomic mass is 10.2. The quantitative estimate of drug-likeness (QED) is 0.231. The summed E-state index contributed by atoms with van der Waals surface area (Å²) in [5.74, 6) is 0.820. The number of hydrogen-bond donors (Lipinski definition) is 1. The number of hydrazone groups is 1. The number of rotatable bonds is 6. The van der Waals surface area contributed by atoms with Crippen molar-refractivity contribution in [2.24, 2.45) is 5.10 Å². The van der Waals surface area contributed by atoms with Crippen LogP contribution in [0.4, 0.5) is 0 Å². The molecule has 0 saturated carbocycles. The van der Waals surface area contributed by atoms with Crippen LogP contribution in [-0.4, -0.2) is 38.4 Å². The SMILES string of the molecule is COc1cc(/C=N/NC(=O)c2ccc3c(c2)OCCO3)ccc1OC(=O)c1ccccc1Br. The molecule has 1 heterocycles. The van der Waals surface area contributed by atoms with Crippen LogP contribution in [-0.2, 0) is 0 Å². The summed E-state index contributed by atoms with van der Waals surface area (Å²) in [5.41, 5.74) is 3.89. The van der Waals surface area contributed by atoms with Crippen molar-refractivity contribution in [2.45, 2.75) is 0 Å². The van der Waals surface area contributed by atoms with Gasteiger partial charge in [-0.25, -0.2) is 10.2 Å². The summed E-state index contributed by atoms with van der Waals surface area (Å²) in [7, 11) is 1.47. The highest BCUT2D eigenvalue weighted by Gasteiger charge is 2.16. The molecule has 0 atom stereocenters. The lowest BCUT2D eigenvalue weighted by Crippen LogP contribution is -2.19. The number of carbonyl (C=O) groups excluding carboxylic acids is 2. The number of carbonyl (C=O) groups is 2. The number of ether oxygens (including phenoxy) is 4. The van der Waals surface area contributed by atoms with E-state index in [1.807, 2.05) is 6.07 Å². The Hall–Kier alpha value is -3.85. The molecule has 9 heteroatoms. The minimum absolute atomic E-state index is 0.260. The lowest BCUT2D eigenvalue weighted by molar-refractivity contribution is 0.0728. The summed E-state index contributed by atoms with van der Waals surface area (Å²) >= 11 is 3.34. The largest absolute Gasteiger partial charge is 0.493 e. The van der Waals surface area contributed by atoms with Gasteiger partial charge in [0.15, 0.2) is 23.0 Å². The second kappa shape index (κ2) is 10.2. The zero-order chi connectivity index (χ0) is 23.2. The first-order chi connectivity index (χ1) is 16.0. The van der Waals surface area contributed by atoms with Crippen molar-refractivity contribution < 1.29 is 28.5 Å². The van der Waals surface area contributed by atoms with Crippen molar-refractivity contribution in [3.8, 4) is 23.0 Å². The van der Waals surface area contributed by atoms with Crippen molar-refractivity contribution in [3.63, 3.8) is 0 Å². The molecule has 1 aliphatic heterocycles. The fraction of sp³-hybridized carbons (Fsp3) is 0.125. The topological polar surface area (TPSA) is 95.5 Å². The maximum atomic E-state index is 12.5. The molecule has 0 radical (unpaired) electrons. The predicted molar refractivity (Wildman–Crippen MR) is 125 cm³/mol. The number of esters is 1. The van der Waals surface area contributed by atoms with E-state index in [4.69, 9.17) is 18.9 Å². The van der Waals surface area contributed by atoms with E-state index in [1.165, 1.54) is 13.3 Å². The van der Waals surface area contributed by atoms with E-state index in [-0.39, 0.29) is 5.75 Å². The molecule has 0 aromatic heterocycles. The van der Waals surface area contributed by atoms with Gasteiger partial charge in [0.05, 0.1) is 18.9 Å². The molecule has 1 aliphatic rings. The molecule has 0 bridgehead atoms. The number of hydrogen-bond acceptors (Lipinski definition) is 7. The minimum atomic E-state index is -0.520. The van der Waals surface area contributed by atoms with Crippen LogP contribution in [0.2, 0.25) is 0 Å². The van der Waals surface area contributed by atoms with Crippen LogP contribution in [0.15, 0.2) is 70.2 Å². The van der Waals surface area contributed by atoms with Crippen molar-refractivity contribution in [1.82, 2.24) is 5.43 Å². The van der Waals surface area contributed by atoms with Crippen LogP contribution < -0.4 is 24.4 Å². The molecule has 0 saturated heterocycles. The molecule has 168 valence electrons. The fourth-order valence-electron chi connectivity index (χ4n) is 3.04. The predicted octanol–water partition coefficient (Wildman–Crippen LogP) is 4.21. The summed E-state index contributed by atoms with van der Waals surface area (Å²) in [5, 5.41) is 3.99. The van der Waals surface area contributed by atoms with Gasteiger partial charge < -0.3 is 18.9 Å². The number of methoxy groups -OCH3 is 1. The van der Waals surface area contributed by atoms with Crippen molar-refractivity contribution in [1.29, 1.82) is 0 Å². The molecule has 33 heavy (non-hydrogen) atoms. The van der Waals surface area contributed by atoms with Crippen LogP contribution in [0, 0.1) is 0 Å². The second-order valence-electron chi connectivity index (χ2n) is 6.84. The highest BCUT2D eigenvalue weighted by atomic mass is 79.9. The molecule has 0 spiro atoms. The number of amides is 1. The number of halogens is 1. The molecule has 8 nitrogen and oxygen atoms in total. The first kappa shape index (κ1) is 22.3. The molecule has 1 N–H and O–H groups in total. The lowest BCUT2D eigenvalue weighted by Gasteiger charge is -2.18. The van der Waals surface area contributed by atoms with E-state index in [2.05, 4.69) is 26.5 Å². The highest BCUT2D eigenvalue weighted by molar-refractivity contribution is 9.10. The van der Waals surface area contributed by atoms with Crippen molar-refractivity contribution in [2.75, 3.05) is 20.3 Å². The first-order valence-corrected chi connectivity index (χ1v) is 10.7. The van der Waals surface area contributed by atoms with Gasteiger partial charge in [-0.1, -0.05) is 12.1 Å². The maximum Gasteiger partial charge on any atom is 0.344 e. The molecule has 3 aromatic carbocycles. The van der Waals surface area contributed by atoms with Gasteiger partial charge in [-0.2, -0.15) is 5.10 Å². The van der Waals surface area contributed by atoms with E-state index < -0.39 is 11.9 Å². The summed E-state index contributed by atoms with van der Waals surface area (Å²) in [6.07, 6.45) is 1.46. The van der Waals surface area contributed by atoms with Gasteiger partial charge in [0.2, 0.25) is 0 Å². The smallest absolute Gasteiger partial charge is 0.344 e. The molecule has 3 aromatic rings. The zero-order valence-electron chi connectivity index (χ0n) is 17.5. The second-order valence-corrected chi connectivity index (χ2v) is 7.69. The van der Waals surface area contributed by atoms with Gasteiger partial charge in [-0.3, -0.25) is 4.79 Å². The Morgan fingerprint density at radius 3 is 2.58 bits per heavy atom. The molecule has 0 aliphatic carbocycles. The molecule has 0 unspecified atom stereocenters. The average Bonchev–Trinajstić information content (AvgIpc) is 2.84. The Kier molecular flexibility index (Phi) is 6.89. The van der Waals surface area contributed by atoms with E-state index in [1.54, 1.807) is 54.6 Å². The Bertz CT molecular complexity index is 1230. The van der Waals surface area contributed by atoms with Crippen molar-refractivity contribution >= 4 is 34.0 Å². The third kappa shape index (κ3) is 5.32. The van der Waals surface area contributed by atoms with Crippen LogP contribution in [0.1, 0.15) is 26.3 Å². The van der Waals surface area contributed by atoms with Crippen LogP contribution in [0.5, 0.6) is 23.0 Å².